The third-order valence-electron chi connectivity index (χ3n) is 3.41. The van der Waals surface area contributed by atoms with Crippen molar-refractivity contribution in [2.24, 2.45) is 5.92 Å². The van der Waals surface area contributed by atoms with Gasteiger partial charge in [-0.2, -0.15) is 0 Å². The van der Waals surface area contributed by atoms with Gasteiger partial charge in [-0.25, -0.2) is 0 Å². The Labute approximate surface area is 87.4 Å². The lowest BCUT2D eigenvalue weighted by Gasteiger charge is -2.21. The Bertz CT molecular complexity index is 181. The van der Waals surface area contributed by atoms with Gasteiger partial charge in [-0.05, 0) is 51.2 Å². The van der Waals surface area contributed by atoms with Gasteiger partial charge in [0.15, 0.2) is 0 Å². The summed E-state index contributed by atoms with van der Waals surface area (Å²) in [6, 6.07) is 0.891. The van der Waals surface area contributed by atoms with Gasteiger partial charge < -0.3 is 5.32 Å². The van der Waals surface area contributed by atoms with Crippen LogP contribution in [0.15, 0.2) is 12.7 Å². The zero-order valence-corrected chi connectivity index (χ0v) is 9.04. The lowest BCUT2D eigenvalue weighted by Crippen LogP contribution is -2.29. The predicted molar refractivity (Wildman–Crippen MR) is 60.4 cm³/mol. The standard InChI is InChI=1S/C12H22N2/c1-2-8-14(12-3-4-12)9-6-11-5-7-13-10-11/h2,11-13H,1,3-10H2. The van der Waals surface area contributed by atoms with E-state index in [1.54, 1.807) is 0 Å². The smallest absolute Gasteiger partial charge is 0.0163 e. The van der Waals surface area contributed by atoms with Crippen LogP contribution in [0.4, 0.5) is 0 Å². The highest BCUT2D eigenvalue weighted by Gasteiger charge is 2.28. The number of hydrogen-bond donors (Lipinski definition) is 1. The third kappa shape index (κ3) is 2.82. The van der Waals surface area contributed by atoms with Crippen molar-refractivity contribution in [3.8, 4) is 0 Å². The molecule has 0 spiro atoms. The Morgan fingerprint density at radius 1 is 1.36 bits per heavy atom. The molecule has 2 fully saturated rings. The Balaban J connectivity index is 1.67. The maximum Gasteiger partial charge on any atom is 0.0163 e. The summed E-state index contributed by atoms with van der Waals surface area (Å²) < 4.78 is 0. The fraction of sp³-hybridized carbons (Fsp3) is 0.833. The molecular weight excluding hydrogens is 172 g/mol. The molecule has 1 unspecified atom stereocenters. The van der Waals surface area contributed by atoms with Crippen molar-refractivity contribution < 1.29 is 0 Å². The van der Waals surface area contributed by atoms with Crippen molar-refractivity contribution in [2.75, 3.05) is 26.2 Å². The molecule has 1 saturated heterocycles. The van der Waals surface area contributed by atoms with Crippen LogP contribution < -0.4 is 5.32 Å². The Morgan fingerprint density at radius 2 is 2.21 bits per heavy atom. The second kappa shape index (κ2) is 4.94. The van der Waals surface area contributed by atoms with Crippen LogP contribution in [-0.4, -0.2) is 37.1 Å². The minimum atomic E-state index is 0.891. The van der Waals surface area contributed by atoms with Crippen LogP contribution in [0.3, 0.4) is 0 Å². The van der Waals surface area contributed by atoms with E-state index >= 15 is 0 Å². The molecule has 1 aliphatic carbocycles. The van der Waals surface area contributed by atoms with Crippen LogP contribution in [0.25, 0.3) is 0 Å². The van der Waals surface area contributed by atoms with E-state index in [2.05, 4.69) is 16.8 Å². The molecule has 0 aromatic carbocycles. The van der Waals surface area contributed by atoms with Crippen LogP contribution in [0.5, 0.6) is 0 Å². The lowest BCUT2D eigenvalue weighted by molar-refractivity contribution is 0.269. The molecule has 0 amide bonds. The highest BCUT2D eigenvalue weighted by atomic mass is 15.2. The number of hydrogen-bond acceptors (Lipinski definition) is 2. The van der Waals surface area contributed by atoms with Crippen LogP contribution >= 0.6 is 0 Å². The SMILES string of the molecule is C=CCN(CCC1CCNC1)C1CC1. The minimum absolute atomic E-state index is 0.891. The normalized spacial score (nSPS) is 27.1. The molecule has 1 aliphatic heterocycles. The van der Waals surface area contributed by atoms with E-state index in [4.69, 9.17) is 0 Å². The maximum absolute atomic E-state index is 3.84. The van der Waals surface area contributed by atoms with Gasteiger partial charge in [0.05, 0.1) is 0 Å². The van der Waals surface area contributed by atoms with Gasteiger partial charge in [-0.3, -0.25) is 4.90 Å². The first-order valence-electron chi connectivity index (χ1n) is 5.96. The minimum Gasteiger partial charge on any atom is -0.316 e. The van der Waals surface area contributed by atoms with E-state index in [1.165, 1.54) is 45.3 Å². The van der Waals surface area contributed by atoms with Crippen LogP contribution in [0, 0.1) is 5.92 Å². The van der Waals surface area contributed by atoms with Gasteiger partial charge in [0.1, 0.15) is 0 Å². The van der Waals surface area contributed by atoms with Gasteiger partial charge in [-0.1, -0.05) is 6.08 Å². The van der Waals surface area contributed by atoms with Gasteiger partial charge in [0.25, 0.3) is 0 Å². The summed E-state index contributed by atoms with van der Waals surface area (Å²) in [4.78, 5) is 2.60. The predicted octanol–water partition coefficient (Wildman–Crippen LogP) is 1.64. The summed E-state index contributed by atoms with van der Waals surface area (Å²) in [5.74, 6) is 0.932. The highest BCUT2D eigenvalue weighted by molar-refractivity contribution is 4.88. The summed E-state index contributed by atoms with van der Waals surface area (Å²) in [7, 11) is 0. The van der Waals surface area contributed by atoms with Crippen LogP contribution in [0.2, 0.25) is 0 Å². The monoisotopic (exact) mass is 194 g/mol. The van der Waals surface area contributed by atoms with Crippen LogP contribution in [0.1, 0.15) is 25.7 Å². The Morgan fingerprint density at radius 3 is 2.79 bits per heavy atom. The van der Waals surface area contributed by atoms with E-state index in [0.717, 1.165) is 18.5 Å². The average molecular weight is 194 g/mol. The molecule has 80 valence electrons. The van der Waals surface area contributed by atoms with Crippen molar-refractivity contribution in [1.82, 2.24) is 10.2 Å². The van der Waals surface area contributed by atoms with Gasteiger partial charge >= 0.3 is 0 Å². The number of nitrogens with one attached hydrogen (secondary N) is 1. The molecule has 0 bridgehead atoms. The summed E-state index contributed by atoms with van der Waals surface area (Å²) in [6.45, 7) is 8.68. The van der Waals surface area contributed by atoms with Gasteiger partial charge in [-0.15, -0.1) is 6.58 Å². The summed E-state index contributed by atoms with van der Waals surface area (Å²) in [6.07, 6.45) is 7.63. The first-order valence-corrected chi connectivity index (χ1v) is 5.96. The second-order valence-corrected chi connectivity index (χ2v) is 4.66. The fourth-order valence-corrected chi connectivity index (χ4v) is 2.34. The summed E-state index contributed by atoms with van der Waals surface area (Å²) in [5, 5.41) is 3.43. The zero-order chi connectivity index (χ0) is 9.80. The van der Waals surface area contributed by atoms with Gasteiger partial charge in [0.2, 0.25) is 0 Å². The fourth-order valence-electron chi connectivity index (χ4n) is 2.34. The molecule has 1 N–H and O–H groups in total. The van der Waals surface area contributed by atoms with E-state index in [0.29, 0.717) is 0 Å². The van der Waals surface area contributed by atoms with Crippen molar-refractivity contribution in [1.29, 1.82) is 0 Å². The largest absolute Gasteiger partial charge is 0.316 e. The molecule has 2 nitrogen and oxygen atoms in total. The molecule has 2 heteroatoms. The lowest BCUT2D eigenvalue weighted by atomic mass is 10.0. The Kier molecular flexibility index (Phi) is 3.60. The molecule has 1 heterocycles. The number of rotatable bonds is 6. The maximum atomic E-state index is 3.84. The molecule has 0 radical (unpaired) electrons. The van der Waals surface area contributed by atoms with Crippen molar-refractivity contribution in [2.45, 2.75) is 31.7 Å². The highest BCUT2D eigenvalue weighted by Crippen LogP contribution is 2.27. The van der Waals surface area contributed by atoms with Crippen molar-refractivity contribution >= 4 is 0 Å². The van der Waals surface area contributed by atoms with Crippen LogP contribution in [-0.2, 0) is 0 Å². The molecule has 0 aromatic rings. The summed E-state index contributed by atoms with van der Waals surface area (Å²) >= 11 is 0. The zero-order valence-electron chi connectivity index (χ0n) is 9.04. The van der Waals surface area contributed by atoms with E-state index in [-0.39, 0.29) is 0 Å². The average Bonchev–Trinajstić information content (AvgIpc) is 2.90. The topological polar surface area (TPSA) is 15.3 Å². The molecular formula is C12H22N2. The molecule has 0 aromatic heterocycles. The molecule has 1 atom stereocenters. The van der Waals surface area contributed by atoms with Crippen molar-refractivity contribution in [3.63, 3.8) is 0 Å². The number of nitrogens with zero attached hydrogens (tertiary/aromatic N) is 1. The first kappa shape index (κ1) is 10.2. The molecule has 14 heavy (non-hydrogen) atoms. The van der Waals surface area contributed by atoms with Crippen molar-refractivity contribution in [3.05, 3.63) is 12.7 Å². The van der Waals surface area contributed by atoms with E-state index in [1.807, 2.05) is 6.08 Å². The molecule has 2 aliphatic rings. The summed E-state index contributed by atoms with van der Waals surface area (Å²) in [5.41, 5.74) is 0. The Hall–Kier alpha value is -0.340. The second-order valence-electron chi connectivity index (χ2n) is 4.66. The molecule has 1 saturated carbocycles. The van der Waals surface area contributed by atoms with E-state index in [9.17, 15) is 0 Å². The molecule has 2 rings (SSSR count). The van der Waals surface area contributed by atoms with Gasteiger partial charge in [0, 0.05) is 12.6 Å². The van der Waals surface area contributed by atoms with E-state index < -0.39 is 0 Å². The quantitative estimate of drug-likeness (QED) is 0.647. The first-order chi connectivity index (χ1) is 6.90. The third-order valence-corrected chi connectivity index (χ3v) is 3.41.